The second-order valence-electron chi connectivity index (χ2n) is 7.82. The first-order chi connectivity index (χ1) is 13.6. The van der Waals surface area contributed by atoms with Gasteiger partial charge < -0.3 is 9.80 Å². The summed E-state index contributed by atoms with van der Waals surface area (Å²) < 4.78 is 0. The van der Waals surface area contributed by atoms with Gasteiger partial charge in [-0.05, 0) is 30.5 Å². The Morgan fingerprint density at radius 1 is 1.14 bits per heavy atom. The number of fused-ring (bicyclic) bond motifs is 1. The average Bonchev–Trinajstić information content (AvgIpc) is 3.25. The second-order valence-corrected chi connectivity index (χ2v) is 7.82. The summed E-state index contributed by atoms with van der Waals surface area (Å²) in [6.07, 6.45) is 8.53. The van der Waals surface area contributed by atoms with Gasteiger partial charge in [-0.15, -0.1) is 0 Å². The zero-order valence-electron chi connectivity index (χ0n) is 16.0. The first-order valence-corrected chi connectivity index (χ1v) is 10.2. The number of pyridine rings is 1. The first kappa shape index (κ1) is 18.7. The summed E-state index contributed by atoms with van der Waals surface area (Å²) in [5, 5.41) is 11.9. The molecule has 148 valence electrons. The molecular formula is C21H26N4O3. The Labute approximate surface area is 164 Å². The van der Waals surface area contributed by atoms with E-state index in [-0.39, 0.29) is 16.5 Å². The molecule has 4 rings (SSSR count). The molecule has 2 aromatic rings. The monoisotopic (exact) mass is 382 g/mol. The summed E-state index contributed by atoms with van der Waals surface area (Å²) >= 11 is 0. The molecular weight excluding hydrogens is 356 g/mol. The number of hydrogen-bond acceptors (Lipinski definition) is 5. The van der Waals surface area contributed by atoms with E-state index in [2.05, 4.69) is 9.88 Å². The van der Waals surface area contributed by atoms with E-state index in [1.165, 1.54) is 25.7 Å². The summed E-state index contributed by atoms with van der Waals surface area (Å²) in [6, 6.07) is 6.80. The van der Waals surface area contributed by atoms with Crippen LogP contribution in [-0.2, 0) is 4.79 Å². The normalized spacial score (nSPS) is 18.0. The fourth-order valence-corrected chi connectivity index (χ4v) is 4.54. The molecule has 0 bridgehead atoms. The largest absolute Gasteiger partial charge is 0.366 e. The number of nitro benzene ring substituents is 1. The van der Waals surface area contributed by atoms with E-state index in [9.17, 15) is 14.9 Å². The topological polar surface area (TPSA) is 79.6 Å². The van der Waals surface area contributed by atoms with Crippen molar-refractivity contribution in [3.8, 4) is 0 Å². The molecule has 0 atom stereocenters. The smallest absolute Gasteiger partial charge is 0.278 e. The Kier molecular flexibility index (Phi) is 5.41. The Morgan fingerprint density at radius 2 is 1.89 bits per heavy atom. The van der Waals surface area contributed by atoms with Gasteiger partial charge in [0.2, 0.25) is 5.91 Å². The van der Waals surface area contributed by atoms with E-state index in [4.69, 9.17) is 0 Å². The molecule has 1 aromatic heterocycles. The van der Waals surface area contributed by atoms with Gasteiger partial charge in [-0.25, -0.2) is 0 Å². The first-order valence-electron chi connectivity index (χ1n) is 10.2. The fourth-order valence-electron chi connectivity index (χ4n) is 4.54. The van der Waals surface area contributed by atoms with E-state index < -0.39 is 0 Å². The predicted octanol–water partition coefficient (Wildman–Crippen LogP) is 3.76. The van der Waals surface area contributed by atoms with Crippen LogP contribution < -0.4 is 4.90 Å². The Balaban J connectivity index is 1.42. The molecule has 2 aliphatic rings. The Hall–Kier alpha value is -2.70. The number of nitro groups is 1. The van der Waals surface area contributed by atoms with Crippen molar-refractivity contribution in [1.82, 2.24) is 9.88 Å². The molecule has 1 saturated heterocycles. The maximum absolute atomic E-state index is 12.6. The van der Waals surface area contributed by atoms with Crippen molar-refractivity contribution >= 4 is 28.2 Å². The summed E-state index contributed by atoms with van der Waals surface area (Å²) in [5.74, 6) is 1.00. The number of hydrogen-bond donors (Lipinski definition) is 0. The number of benzene rings is 1. The number of carbonyl (C=O) groups excluding carboxylic acids is 1. The molecule has 7 heteroatoms. The van der Waals surface area contributed by atoms with Gasteiger partial charge in [-0.2, -0.15) is 0 Å². The molecule has 1 aliphatic carbocycles. The number of rotatable bonds is 5. The second kappa shape index (κ2) is 8.12. The lowest BCUT2D eigenvalue weighted by Crippen LogP contribution is -2.48. The van der Waals surface area contributed by atoms with E-state index >= 15 is 0 Å². The molecule has 0 radical (unpaired) electrons. The van der Waals surface area contributed by atoms with Crippen LogP contribution in [0.15, 0.2) is 30.5 Å². The number of non-ortho nitro benzene ring substituents is 1. The number of piperazine rings is 1. The molecule has 7 nitrogen and oxygen atoms in total. The number of amides is 1. The van der Waals surface area contributed by atoms with Gasteiger partial charge in [0.15, 0.2) is 0 Å². The molecule has 2 heterocycles. The van der Waals surface area contributed by atoms with Crippen LogP contribution >= 0.6 is 0 Å². The maximum Gasteiger partial charge on any atom is 0.278 e. The van der Waals surface area contributed by atoms with Crippen LogP contribution in [0.25, 0.3) is 10.9 Å². The Morgan fingerprint density at radius 3 is 2.61 bits per heavy atom. The van der Waals surface area contributed by atoms with Crippen molar-refractivity contribution < 1.29 is 9.72 Å². The van der Waals surface area contributed by atoms with Gasteiger partial charge in [0, 0.05) is 44.9 Å². The number of nitrogens with zero attached hydrogens (tertiary/aromatic N) is 4. The number of carbonyl (C=O) groups is 1. The highest BCUT2D eigenvalue weighted by atomic mass is 16.6. The van der Waals surface area contributed by atoms with Crippen LogP contribution in [-0.4, -0.2) is 46.9 Å². The lowest BCUT2D eigenvalue weighted by molar-refractivity contribution is -0.383. The highest BCUT2D eigenvalue weighted by molar-refractivity contribution is 5.97. The lowest BCUT2D eigenvalue weighted by atomic mass is 10.0. The summed E-state index contributed by atoms with van der Waals surface area (Å²) in [6.45, 7) is 2.82. The van der Waals surface area contributed by atoms with Crippen LogP contribution in [0, 0.1) is 16.0 Å². The molecule has 0 unspecified atom stereocenters. The van der Waals surface area contributed by atoms with Gasteiger partial charge >= 0.3 is 0 Å². The van der Waals surface area contributed by atoms with Crippen molar-refractivity contribution in [2.45, 2.75) is 38.5 Å². The third-order valence-corrected chi connectivity index (χ3v) is 6.14. The molecule has 1 aromatic carbocycles. The van der Waals surface area contributed by atoms with Crippen molar-refractivity contribution in [3.63, 3.8) is 0 Å². The summed E-state index contributed by atoms with van der Waals surface area (Å²) in [4.78, 5) is 32.0. The van der Waals surface area contributed by atoms with Crippen molar-refractivity contribution in [3.05, 3.63) is 40.6 Å². The van der Waals surface area contributed by atoms with E-state index in [1.807, 2.05) is 4.90 Å². The van der Waals surface area contributed by atoms with Gasteiger partial charge in [-0.3, -0.25) is 19.9 Å². The number of anilines is 1. The Bertz CT molecular complexity index is 871. The van der Waals surface area contributed by atoms with Crippen LogP contribution in [0.3, 0.4) is 0 Å². The highest BCUT2D eigenvalue weighted by Gasteiger charge is 2.25. The number of aromatic nitrogens is 1. The average molecular weight is 382 g/mol. The minimum absolute atomic E-state index is 0.0765. The zero-order chi connectivity index (χ0) is 19.5. The lowest BCUT2D eigenvalue weighted by Gasteiger charge is -2.36. The molecule has 1 amide bonds. The van der Waals surface area contributed by atoms with Gasteiger partial charge in [0.25, 0.3) is 5.69 Å². The third kappa shape index (κ3) is 3.79. The minimum Gasteiger partial charge on any atom is -0.366 e. The van der Waals surface area contributed by atoms with E-state index in [0.29, 0.717) is 30.4 Å². The van der Waals surface area contributed by atoms with Crippen LogP contribution in [0.1, 0.15) is 38.5 Å². The van der Waals surface area contributed by atoms with Gasteiger partial charge in [0.1, 0.15) is 5.52 Å². The molecule has 1 aliphatic heterocycles. The standard InChI is InChI=1S/C21H26N4O3/c26-20(10-7-16-4-1-2-5-16)24-14-12-23(13-15-24)19-9-8-18(25(27)28)17-6-3-11-22-21(17)19/h3,6,8-9,11,16H,1-2,4-5,7,10,12-15H2. The minimum atomic E-state index is -0.366. The van der Waals surface area contributed by atoms with Gasteiger partial charge in [0.05, 0.1) is 16.0 Å². The summed E-state index contributed by atoms with van der Waals surface area (Å²) in [7, 11) is 0. The summed E-state index contributed by atoms with van der Waals surface area (Å²) in [5.41, 5.74) is 1.63. The van der Waals surface area contributed by atoms with Crippen molar-refractivity contribution in [2.24, 2.45) is 5.92 Å². The fraction of sp³-hybridized carbons (Fsp3) is 0.524. The highest BCUT2D eigenvalue weighted by Crippen LogP contribution is 2.33. The maximum atomic E-state index is 12.6. The third-order valence-electron chi connectivity index (χ3n) is 6.14. The van der Waals surface area contributed by atoms with E-state index in [0.717, 1.165) is 31.1 Å². The molecule has 0 N–H and O–H groups in total. The predicted molar refractivity (Wildman–Crippen MR) is 108 cm³/mol. The van der Waals surface area contributed by atoms with E-state index in [1.54, 1.807) is 30.5 Å². The van der Waals surface area contributed by atoms with Crippen LogP contribution in [0.2, 0.25) is 0 Å². The molecule has 2 fully saturated rings. The van der Waals surface area contributed by atoms with Gasteiger partial charge in [-0.1, -0.05) is 25.7 Å². The zero-order valence-corrected chi connectivity index (χ0v) is 16.0. The molecule has 28 heavy (non-hydrogen) atoms. The SMILES string of the molecule is O=C(CCC1CCCC1)N1CCN(c2ccc([N+](=O)[O-])c3cccnc23)CC1. The van der Waals surface area contributed by atoms with Crippen LogP contribution in [0.4, 0.5) is 11.4 Å². The quantitative estimate of drug-likeness (QED) is 0.581. The van der Waals surface area contributed by atoms with Crippen molar-refractivity contribution in [1.29, 1.82) is 0 Å². The van der Waals surface area contributed by atoms with Crippen LogP contribution in [0.5, 0.6) is 0 Å². The molecule has 0 spiro atoms. The molecule has 1 saturated carbocycles. The van der Waals surface area contributed by atoms with Crippen molar-refractivity contribution in [2.75, 3.05) is 31.1 Å².